The smallest absolute Gasteiger partial charge is 0.123 e. The molecule has 0 spiro atoms. The molecule has 12 aromatic rings. The Balaban J connectivity index is 0.000000123. The van der Waals surface area contributed by atoms with Crippen LogP contribution in [0.2, 0.25) is 20.1 Å². The first-order valence-corrected chi connectivity index (χ1v) is 37.1. The van der Waals surface area contributed by atoms with Gasteiger partial charge in [-0.05, 0) is 212 Å². The van der Waals surface area contributed by atoms with Crippen LogP contribution < -0.4 is 0 Å². The van der Waals surface area contributed by atoms with E-state index >= 15 is 0 Å². The molecule has 0 saturated carbocycles. The topological polar surface area (TPSA) is 139 Å². The van der Waals surface area contributed by atoms with Crippen molar-refractivity contribution in [3.05, 3.63) is 268 Å². The Bertz CT molecular complexity index is 4480. The highest BCUT2D eigenvalue weighted by molar-refractivity contribution is 6.32. The van der Waals surface area contributed by atoms with E-state index in [1.807, 2.05) is 113 Å². The van der Waals surface area contributed by atoms with Crippen LogP contribution >= 0.6 is 46.4 Å². The lowest BCUT2D eigenvalue weighted by Crippen LogP contribution is -2.31. The minimum absolute atomic E-state index is 0.300. The summed E-state index contributed by atoms with van der Waals surface area (Å²) in [6, 6.07) is 43.9. The van der Waals surface area contributed by atoms with Crippen LogP contribution in [0, 0.1) is 25.5 Å². The number of hydrogen-bond donors (Lipinski definition) is 4. The van der Waals surface area contributed by atoms with Crippen LogP contribution in [0.15, 0.2) is 158 Å². The number of fused-ring (bicyclic) bond motifs is 12. The zero-order valence-corrected chi connectivity index (χ0v) is 63.9. The van der Waals surface area contributed by atoms with Gasteiger partial charge < -0.3 is 58.3 Å². The molecule has 104 heavy (non-hydrogen) atoms. The Hall–Kier alpha value is -7.52. The minimum atomic E-state index is -1.10. The molecule has 0 fully saturated rings. The van der Waals surface area contributed by atoms with Gasteiger partial charge in [0.15, 0.2) is 0 Å². The Morgan fingerprint density at radius 2 is 0.577 bits per heavy atom. The van der Waals surface area contributed by atoms with E-state index in [1.54, 1.807) is 50.5 Å². The number of aromatic nitrogens is 6. The molecule has 0 saturated heterocycles. The van der Waals surface area contributed by atoms with E-state index in [-0.39, 0.29) is 11.6 Å². The summed E-state index contributed by atoms with van der Waals surface area (Å²) in [4.78, 5) is 18.0. The lowest BCUT2D eigenvalue weighted by Gasteiger charge is -2.29. The highest BCUT2D eigenvalue weighted by Crippen LogP contribution is 2.41. The van der Waals surface area contributed by atoms with Crippen molar-refractivity contribution in [2.24, 2.45) is 0 Å². The Morgan fingerprint density at radius 3 is 0.808 bits per heavy atom. The lowest BCUT2D eigenvalue weighted by molar-refractivity contribution is 0.0377. The van der Waals surface area contributed by atoms with Crippen molar-refractivity contribution in [1.29, 1.82) is 0 Å². The largest absolute Gasteiger partial charge is 0.384 e. The van der Waals surface area contributed by atoms with E-state index in [2.05, 4.69) is 88.2 Å². The molecular weight excluding hydrogens is 1390 g/mol. The van der Waals surface area contributed by atoms with Crippen LogP contribution in [-0.2, 0) is 100 Å². The van der Waals surface area contributed by atoms with E-state index in [0.29, 0.717) is 37.3 Å². The predicted octanol–water partition coefficient (Wildman–Crippen LogP) is 16.4. The molecule has 16 rings (SSSR count). The molecule has 0 amide bonds. The standard InChI is InChI=1S/2C21H22ClFN2O.2C21H24ClN3O/c2*1-21(26,14-3-6-16(23)7-4-14)13-25-19-8-5-15(22)11-17(19)18-12-24(2)10-9-20(18)25;2*1-14-4-5-15(11-23-14)21(2,26)13-25-19-7-6-16(22)10-17(19)18-12-24(3)9-8-20(18)25/h2*3-8,11,26H,9-10,12-13H2,1-2H3;2*4-7,10-11,26H,8-9,12-13H2,1-3H3/t4*21-/m1010/s1. The molecule has 4 aliphatic rings. The maximum Gasteiger partial charge on any atom is 0.123 e. The van der Waals surface area contributed by atoms with Crippen molar-refractivity contribution in [3.63, 3.8) is 0 Å². The van der Waals surface area contributed by atoms with Crippen LogP contribution in [0.3, 0.4) is 0 Å². The molecule has 20 heteroatoms. The zero-order chi connectivity index (χ0) is 73.9. The molecule has 4 atom stereocenters. The Labute approximate surface area is 627 Å². The molecule has 6 aromatic carbocycles. The average molecular weight is 1490 g/mol. The van der Waals surface area contributed by atoms with Gasteiger partial charge in [0.25, 0.3) is 0 Å². The third-order valence-corrected chi connectivity index (χ3v) is 22.4. The van der Waals surface area contributed by atoms with Gasteiger partial charge in [0.2, 0.25) is 0 Å². The number of halogens is 6. The number of rotatable bonds is 12. The fourth-order valence-electron chi connectivity index (χ4n) is 15.7. The van der Waals surface area contributed by atoms with E-state index < -0.39 is 22.4 Å². The van der Waals surface area contributed by atoms with Crippen LogP contribution in [0.5, 0.6) is 0 Å². The van der Waals surface area contributed by atoms with Crippen molar-refractivity contribution < 1.29 is 29.2 Å². The molecule has 0 aliphatic carbocycles. The van der Waals surface area contributed by atoms with Crippen molar-refractivity contribution in [2.45, 2.75) is 142 Å². The third kappa shape index (κ3) is 15.8. The maximum absolute atomic E-state index is 13.3. The van der Waals surface area contributed by atoms with Crippen LogP contribution in [0.1, 0.15) is 106 Å². The number of aliphatic hydroxyl groups is 4. The number of hydrogen-bond acceptors (Lipinski definition) is 10. The van der Waals surface area contributed by atoms with Gasteiger partial charge in [-0.25, -0.2) is 8.78 Å². The summed E-state index contributed by atoms with van der Waals surface area (Å²) < 4.78 is 35.5. The number of benzene rings is 6. The Kier molecular flexibility index (Phi) is 21.6. The molecule has 14 nitrogen and oxygen atoms in total. The number of aryl methyl sites for hydroxylation is 2. The second-order valence-electron chi connectivity index (χ2n) is 30.1. The van der Waals surface area contributed by atoms with E-state index in [4.69, 9.17) is 46.4 Å². The second kappa shape index (κ2) is 30.0. The second-order valence-corrected chi connectivity index (χ2v) is 31.9. The van der Waals surface area contributed by atoms with Crippen molar-refractivity contribution in [3.8, 4) is 0 Å². The molecule has 544 valence electrons. The van der Waals surface area contributed by atoms with Crippen molar-refractivity contribution in [1.82, 2.24) is 47.8 Å². The summed E-state index contributed by atoms with van der Waals surface area (Å²) in [5.41, 5.74) is 15.6. The predicted molar refractivity (Wildman–Crippen MR) is 417 cm³/mol. The zero-order valence-electron chi connectivity index (χ0n) is 60.9. The summed E-state index contributed by atoms with van der Waals surface area (Å²) in [7, 11) is 8.52. The van der Waals surface area contributed by atoms with Gasteiger partial charge in [-0.15, -0.1) is 0 Å². The first-order valence-electron chi connectivity index (χ1n) is 35.6. The average Bonchev–Trinajstić information content (AvgIpc) is 1.62. The summed E-state index contributed by atoms with van der Waals surface area (Å²) in [5.74, 6) is -0.600. The molecule has 4 N–H and O–H groups in total. The van der Waals surface area contributed by atoms with Gasteiger partial charge in [0, 0.05) is 199 Å². The van der Waals surface area contributed by atoms with Gasteiger partial charge in [0.1, 0.15) is 34.0 Å². The molecule has 0 unspecified atom stereocenters. The molecular formula is C84H92Cl4F2N10O4. The van der Waals surface area contributed by atoms with E-state index in [1.165, 1.54) is 80.1 Å². The van der Waals surface area contributed by atoms with E-state index in [0.717, 1.165) is 153 Å². The van der Waals surface area contributed by atoms with Gasteiger partial charge in [0.05, 0.1) is 26.2 Å². The monoisotopic (exact) mass is 1480 g/mol. The summed E-state index contributed by atoms with van der Waals surface area (Å²) >= 11 is 25.0. The quantitative estimate of drug-likeness (QED) is 0.0935. The summed E-state index contributed by atoms with van der Waals surface area (Å²) in [6.45, 7) is 20.6. The third-order valence-electron chi connectivity index (χ3n) is 21.5. The molecule has 4 aliphatic heterocycles. The highest BCUT2D eigenvalue weighted by Gasteiger charge is 2.35. The van der Waals surface area contributed by atoms with Gasteiger partial charge in [-0.2, -0.15) is 0 Å². The minimum Gasteiger partial charge on any atom is -0.384 e. The van der Waals surface area contributed by atoms with Crippen LogP contribution in [0.25, 0.3) is 43.6 Å². The lowest BCUT2D eigenvalue weighted by atomic mass is 9.95. The van der Waals surface area contributed by atoms with Gasteiger partial charge in [-0.3, -0.25) is 9.97 Å². The van der Waals surface area contributed by atoms with Gasteiger partial charge in [-0.1, -0.05) is 82.8 Å². The summed E-state index contributed by atoms with van der Waals surface area (Å²) in [5, 5.41) is 52.3. The highest BCUT2D eigenvalue weighted by atomic mass is 35.5. The van der Waals surface area contributed by atoms with Crippen LogP contribution in [0.4, 0.5) is 8.78 Å². The fourth-order valence-corrected chi connectivity index (χ4v) is 16.4. The normalized spacial score (nSPS) is 17.3. The van der Waals surface area contributed by atoms with Crippen molar-refractivity contribution >= 4 is 90.0 Å². The van der Waals surface area contributed by atoms with E-state index in [9.17, 15) is 29.2 Å². The Morgan fingerprint density at radius 1 is 0.346 bits per heavy atom. The molecule has 0 radical (unpaired) electrons. The molecule has 10 heterocycles. The molecule has 0 bridgehead atoms. The summed E-state index contributed by atoms with van der Waals surface area (Å²) in [6.07, 6.45) is 7.35. The SMILES string of the molecule is CN1CCc2c(c3cc(Cl)ccc3n2C[C@@](C)(O)c2ccc(F)cc2)C1.CN1CCc2c(c3cc(Cl)ccc3n2C[C@](C)(O)c2ccc(F)cc2)C1.Cc1ccc([C@@](C)(O)Cn2c3c(c4cc(Cl)ccc42)CN(C)CC3)cn1.Cc1ccc([C@](C)(O)Cn2c3c(c4cc(Cl)ccc42)CN(C)CC3)cn1. The molecule has 6 aromatic heterocycles. The van der Waals surface area contributed by atoms with Crippen molar-refractivity contribution in [2.75, 3.05) is 54.4 Å². The maximum atomic E-state index is 13.3. The number of likely N-dealkylation sites (N-methyl/N-ethyl adjacent to an activating group) is 4. The first-order chi connectivity index (χ1) is 49.4. The van der Waals surface area contributed by atoms with Crippen LogP contribution in [-0.4, -0.2) is 123 Å². The fraction of sp³-hybridized carbons (Fsp3) is 0.357. The number of pyridine rings is 2. The first kappa shape index (κ1) is 74.7. The van der Waals surface area contributed by atoms with Gasteiger partial charge >= 0.3 is 0 Å². The number of nitrogens with zero attached hydrogens (tertiary/aromatic N) is 10.